The number of rotatable bonds is 10. The molecule has 0 radical (unpaired) electrons. The Kier molecular flexibility index (Phi) is 8.11. The average molecular weight is 429 g/mol. The molecule has 0 aliphatic heterocycles. The molecule has 31 heavy (non-hydrogen) atoms. The van der Waals surface area contributed by atoms with E-state index in [4.69, 9.17) is 0 Å². The Morgan fingerprint density at radius 1 is 1.00 bits per heavy atom. The summed E-state index contributed by atoms with van der Waals surface area (Å²) in [5, 5.41) is 49.4. The van der Waals surface area contributed by atoms with Crippen molar-refractivity contribution in [3.8, 4) is 23.0 Å². The molecule has 0 saturated heterocycles. The fraction of sp³-hybridized carbons (Fsp3) is 0.400. The Hall–Kier alpha value is -2.99. The molecule has 0 spiro atoms. The summed E-state index contributed by atoms with van der Waals surface area (Å²) in [4.78, 5) is 12.5. The number of Topliss-reactive ketones (excluding diaryl/α,β-unsaturated/α-hetero) is 1. The standard InChI is InChI=1S/C25H32O6/c1-16(5-4-14-25(2,3)31)6-10-19-17(8-13-22(28)24(19)30)7-12-21(27)20-11-9-18(26)15-23(20)29/h6,8-9,11,13,15,26,28-31H,4-5,7,10,12,14H2,1-3H3/b16-6+. The number of hydrogen-bond acceptors (Lipinski definition) is 6. The van der Waals surface area contributed by atoms with Crippen LogP contribution in [0.5, 0.6) is 23.0 Å². The Morgan fingerprint density at radius 3 is 2.35 bits per heavy atom. The second kappa shape index (κ2) is 10.4. The van der Waals surface area contributed by atoms with E-state index in [9.17, 15) is 30.3 Å². The van der Waals surface area contributed by atoms with E-state index in [-0.39, 0.29) is 40.8 Å². The van der Waals surface area contributed by atoms with Crippen LogP contribution >= 0.6 is 0 Å². The normalized spacial score (nSPS) is 12.2. The van der Waals surface area contributed by atoms with Crippen LogP contribution in [0.3, 0.4) is 0 Å². The minimum atomic E-state index is -0.699. The maximum Gasteiger partial charge on any atom is 0.166 e. The van der Waals surface area contributed by atoms with E-state index in [1.54, 1.807) is 19.9 Å². The Labute approximate surface area is 183 Å². The van der Waals surface area contributed by atoms with E-state index in [0.29, 0.717) is 24.8 Å². The van der Waals surface area contributed by atoms with Gasteiger partial charge in [0.05, 0.1) is 11.2 Å². The minimum Gasteiger partial charge on any atom is -0.508 e. The summed E-state index contributed by atoms with van der Waals surface area (Å²) in [6.45, 7) is 5.55. The lowest BCUT2D eigenvalue weighted by Crippen LogP contribution is -2.17. The molecule has 0 fully saturated rings. The van der Waals surface area contributed by atoms with Gasteiger partial charge in [-0.1, -0.05) is 17.7 Å². The predicted molar refractivity (Wildman–Crippen MR) is 120 cm³/mol. The molecule has 2 aromatic rings. The molecule has 2 aromatic carbocycles. The number of allylic oxidation sites excluding steroid dienone is 2. The zero-order chi connectivity index (χ0) is 23.2. The van der Waals surface area contributed by atoms with Gasteiger partial charge < -0.3 is 25.5 Å². The summed E-state index contributed by atoms with van der Waals surface area (Å²) in [5.41, 5.74) is 1.84. The minimum absolute atomic E-state index is 0.101. The summed E-state index contributed by atoms with van der Waals surface area (Å²) in [7, 11) is 0. The molecule has 0 saturated carbocycles. The Morgan fingerprint density at radius 2 is 1.71 bits per heavy atom. The molecule has 2 rings (SSSR count). The molecule has 6 nitrogen and oxygen atoms in total. The highest BCUT2D eigenvalue weighted by Gasteiger charge is 2.16. The average Bonchev–Trinajstić information content (AvgIpc) is 2.66. The van der Waals surface area contributed by atoms with E-state index in [1.165, 1.54) is 18.2 Å². The summed E-state index contributed by atoms with van der Waals surface area (Å²) in [6.07, 6.45) is 5.16. The molecule has 0 bridgehead atoms. The lowest BCUT2D eigenvalue weighted by molar-refractivity contribution is 0.0689. The molecule has 168 valence electrons. The molecule has 0 heterocycles. The fourth-order valence-corrected chi connectivity index (χ4v) is 3.44. The summed E-state index contributed by atoms with van der Waals surface area (Å²) in [6, 6.07) is 6.93. The van der Waals surface area contributed by atoms with E-state index >= 15 is 0 Å². The second-order valence-corrected chi connectivity index (χ2v) is 8.62. The number of aromatic hydroxyl groups is 4. The molecule has 0 aromatic heterocycles. The summed E-state index contributed by atoms with van der Waals surface area (Å²) in [5.74, 6) is -1.09. The first-order valence-corrected chi connectivity index (χ1v) is 10.4. The van der Waals surface area contributed by atoms with Crippen molar-refractivity contribution >= 4 is 5.78 Å². The van der Waals surface area contributed by atoms with Gasteiger partial charge in [-0.05, 0) is 76.6 Å². The van der Waals surface area contributed by atoms with Gasteiger partial charge in [0, 0.05) is 18.1 Å². The number of carbonyl (C=O) groups excluding carboxylic acids is 1. The molecule has 0 amide bonds. The molecule has 0 aliphatic rings. The van der Waals surface area contributed by atoms with Crippen LogP contribution in [0.25, 0.3) is 0 Å². The maximum absolute atomic E-state index is 12.5. The van der Waals surface area contributed by atoms with Crippen LogP contribution in [0.1, 0.15) is 67.9 Å². The zero-order valence-corrected chi connectivity index (χ0v) is 18.4. The van der Waals surface area contributed by atoms with Crippen molar-refractivity contribution in [2.75, 3.05) is 0 Å². The van der Waals surface area contributed by atoms with E-state index < -0.39 is 5.60 Å². The van der Waals surface area contributed by atoms with Crippen LogP contribution in [-0.4, -0.2) is 36.9 Å². The van der Waals surface area contributed by atoms with Crippen molar-refractivity contribution in [2.45, 2.75) is 64.9 Å². The Balaban J connectivity index is 2.10. The third-order valence-corrected chi connectivity index (χ3v) is 5.28. The molecule has 0 aliphatic carbocycles. The first kappa shape index (κ1) is 24.3. The first-order valence-electron chi connectivity index (χ1n) is 10.4. The smallest absolute Gasteiger partial charge is 0.166 e. The van der Waals surface area contributed by atoms with Crippen LogP contribution in [0.4, 0.5) is 0 Å². The number of benzene rings is 2. The van der Waals surface area contributed by atoms with Gasteiger partial charge >= 0.3 is 0 Å². The lowest BCUT2D eigenvalue weighted by atomic mass is 9.94. The van der Waals surface area contributed by atoms with Gasteiger partial charge in [-0.3, -0.25) is 4.79 Å². The largest absolute Gasteiger partial charge is 0.508 e. The van der Waals surface area contributed by atoms with Crippen molar-refractivity contribution in [1.82, 2.24) is 0 Å². The van der Waals surface area contributed by atoms with Gasteiger partial charge in [0.2, 0.25) is 0 Å². The highest BCUT2D eigenvalue weighted by Crippen LogP contribution is 2.33. The number of phenolic OH excluding ortho intramolecular Hbond substituents is 4. The van der Waals surface area contributed by atoms with Crippen LogP contribution in [0.15, 0.2) is 42.0 Å². The van der Waals surface area contributed by atoms with Gasteiger partial charge in [-0.2, -0.15) is 0 Å². The zero-order valence-electron chi connectivity index (χ0n) is 18.4. The van der Waals surface area contributed by atoms with Crippen LogP contribution < -0.4 is 0 Å². The van der Waals surface area contributed by atoms with Crippen molar-refractivity contribution in [2.24, 2.45) is 0 Å². The number of carbonyl (C=O) groups is 1. The predicted octanol–water partition coefficient (Wildman–Crippen LogP) is 4.75. The van der Waals surface area contributed by atoms with Crippen molar-refractivity contribution < 1.29 is 30.3 Å². The molecular formula is C25H32O6. The highest BCUT2D eigenvalue weighted by atomic mass is 16.3. The lowest BCUT2D eigenvalue weighted by Gasteiger charge is -2.16. The third-order valence-electron chi connectivity index (χ3n) is 5.28. The first-order chi connectivity index (χ1) is 14.5. The third kappa shape index (κ3) is 7.33. The number of phenols is 4. The summed E-state index contributed by atoms with van der Waals surface area (Å²) >= 11 is 0. The number of ketones is 1. The van der Waals surface area contributed by atoms with Crippen molar-refractivity contribution in [1.29, 1.82) is 0 Å². The molecule has 0 unspecified atom stereocenters. The highest BCUT2D eigenvalue weighted by molar-refractivity contribution is 5.98. The number of aliphatic hydroxyl groups is 1. The topological polar surface area (TPSA) is 118 Å². The molecule has 0 atom stereocenters. The van der Waals surface area contributed by atoms with Crippen molar-refractivity contribution in [3.63, 3.8) is 0 Å². The molecule has 5 N–H and O–H groups in total. The second-order valence-electron chi connectivity index (χ2n) is 8.62. The quantitative estimate of drug-likeness (QED) is 0.212. The Bertz CT molecular complexity index is 953. The number of aryl methyl sites for hydroxylation is 1. The molecular weight excluding hydrogens is 396 g/mol. The maximum atomic E-state index is 12.5. The monoisotopic (exact) mass is 428 g/mol. The fourth-order valence-electron chi connectivity index (χ4n) is 3.44. The van der Waals surface area contributed by atoms with Gasteiger partial charge in [0.1, 0.15) is 11.5 Å². The SMILES string of the molecule is C/C(=C\Cc1c(CCC(=O)c2ccc(O)cc2O)ccc(O)c1O)CCCC(C)(C)O. The molecule has 6 heteroatoms. The van der Waals surface area contributed by atoms with E-state index in [0.717, 1.165) is 30.0 Å². The van der Waals surface area contributed by atoms with Crippen LogP contribution in [0.2, 0.25) is 0 Å². The van der Waals surface area contributed by atoms with E-state index in [2.05, 4.69) is 0 Å². The van der Waals surface area contributed by atoms with Crippen LogP contribution in [-0.2, 0) is 12.8 Å². The van der Waals surface area contributed by atoms with Crippen molar-refractivity contribution in [3.05, 3.63) is 58.7 Å². The summed E-state index contributed by atoms with van der Waals surface area (Å²) < 4.78 is 0. The van der Waals surface area contributed by atoms with Gasteiger partial charge in [-0.25, -0.2) is 0 Å². The van der Waals surface area contributed by atoms with Gasteiger partial charge in [0.15, 0.2) is 17.3 Å². The van der Waals surface area contributed by atoms with E-state index in [1.807, 2.05) is 13.0 Å². The number of hydrogen-bond donors (Lipinski definition) is 5. The van der Waals surface area contributed by atoms with Crippen LogP contribution in [0, 0.1) is 0 Å². The van der Waals surface area contributed by atoms with Gasteiger partial charge in [-0.15, -0.1) is 0 Å². The van der Waals surface area contributed by atoms with Gasteiger partial charge in [0.25, 0.3) is 0 Å².